The number of aromatic nitrogens is 1. The number of carbonyl (C=O) groups excluding carboxylic acids is 1. The predicted molar refractivity (Wildman–Crippen MR) is 80.0 cm³/mol. The number of benzene rings is 1. The van der Waals surface area contributed by atoms with Crippen LogP contribution in [-0.2, 0) is 11.2 Å². The van der Waals surface area contributed by atoms with Gasteiger partial charge in [-0.15, -0.1) is 11.3 Å². The molecule has 3 N–H and O–H groups in total. The van der Waals surface area contributed by atoms with Crippen LogP contribution in [0.3, 0.4) is 0 Å². The Bertz CT molecular complexity index is 598. The van der Waals surface area contributed by atoms with Gasteiger partial charge in [0.25, 0.3) is 0 Å². The van der Waals surface area contributed by atoms with Crippen molar-refractivity contribution in [3.63, 3.8) is 0 Å². The normalized spacial score (nSPS) is 12.1. The summed E-state index contributed by atoms with van der Waals surface area (Å²) in [6.45, 7) is 2.00. The van der Waals surface area contributed by atoms with Crippen LogP contribution in [0.4, 0.5) is 5.13 Å². The number of anilines is 1. The Morgan fingerprint density at radius 3 is 2.90 bits per heavy atom. The molecular formula is C14H17N3O2S. The Labute approximate surface area is 121 Å². The van der Waals surface area contributed by atoms with E-state index in [4.69, 9.17) is 0 Å². The van der Waals surface area contributed by atoms with Gasteiger partial charge in [0.1, 0.15) is 5.75 Å². The third-order valence-corrected chi connectivity index (χ3v) is 3.76. The first-order valence-electron chi connectivity index (χ1n) is 6.29. The van der Waals surface area contributed by atoms with Gasteiger partial charge in [-0.1, -0.05) is 18.2 Å². The number of aromatic hydroxyl groups is 1. The van der Waals surface area contributed by atoms with E-state index in [0.29, 0.717) is 10.7 Å². The number of carbonyl (C=O) groups is 1. The van der Waals surface area contributed by atoms with Crippen LogP contribution in [0.25, 0.3) is 0 Å². The quantitative estimate of drug-likeness (QED) is 0.790. The van der Waals surface area contributed by atoms with Gasteiger partial charge >= 0.3 is 0 Å². The van der Waals surface area contributed by atoms with Crippen LogP contribution < -0.4 is 10.6 Å². The van der Waals surface area contributed by atoms with E-state index in [1.165, 1.54) is 11.3 Å². The molecule has 0 aliphatic carbocycles. The molecule has 0 fully saturated rings. The third-order valence-electron chi connectivity index (χ3n) is 2.99. The number of nitrogens with zero attached hydrogens (tertiary/aromatic N) is 1. The second kappa shape index (κ2) is 6.49. The monoisotopic (exact) mass is 291 g/mol. The first-order valence-corrected chi connectivity index (χ1v) is 7.17. The first-order chi connectivity index (χ1) is 9.60. The molecular weight excluding hydrogens is 274 g/mol. The second-order valence-electron chi connectivity index (χ2n) is 4.44. The van der Waals surface area contributed by atoms with Crippen molar-refractivity contribution in [3.8, 4) is 5.75 Å². The van der Waals surface area contributed by atoms with Crippen molar-refractivity contribution >= 4 is 22.4 Å². The minimum absolute atomic E-state index is 0.128. The number of hydrogen-bond donors (Lipinski definition) is 3. The van der Waals surface area contributed by atoms with Crippen molar-refractivity contribution < 1.29 is 9.90 Å². The summed E-state index contributed by atoms with van der Waals surface area (Å²) in [5.41, 5.74) is 1.50. The lowest BCUT2D eigenvalue weighted by Crippen LogP contribution is -2.15. The van der Waals surface area contributed by atoms with Crippen molar-refractivity contribution in [1.29, 1.82) is 0 Å². The summed E-state index contributed by atoms with van der Waals surface area (Å²) in [6, 6.07) is 6.96. The molecule has 0 radical (unpaired) electrons. The van der Waals surface area contributed by atoms with E-state index in [1.807, 2.05) is 19.4 Å². The number of thiazole rings is 1. The molecule has 106 valence electrons. The van der Waals surface area contributed by atoms with E-state index in [9.17, 15) is 9.90 Å². The molecule has 1 heterocycles. The van der Waals surface area contributed by atoms with Gasteiger partial charge in [-0.3, -0.25) is 4.79 Å². The van der Waals surface area contributed by atoms with Gasteiger partial charge in [0.2, 0.25) is 5.91 Å². The number of hydrogen-bond acceptors (Lipinski definition) is 5. The number of nitrogens with one attached hydrogen (secondary N) is 2. The summed E-state index contributed by atoms with van der Waals surface area (Å²) in [5.74, 6) is -0.0595. The Balaban J connectivity index is 1.98. The maximum Gasteiger partial charge on any atom is 0.230 e. The SMILES string of the molecule is CNC(C)c1csc(NC(=O)Cc2ccccc2O)n1. The molecule has 1 aromatic carbocycles. The summed E-state index contributed by atoms with van der Waals surface area (Å²) in [6.07, 6.45) is 0.128. The summed E-state index contributed by atoms with van der Waals surface area (Å²) in [4.78, 5) is 16.3. The van der Waals surface area contributed by atoms with Crippen LogP contribution in [0.15, 0.2) is 29.6 Å². The molecule has 0 aliphatic heterocycles. The Morgan fingerprint density at radius 2 is 2.20 bits per heavy atom. The summed E-state index contributed by atoms with van der Waals surface area (Å²) in [5, 5.41) is 18.0. The van der Waals surface area contributed by atoms with E-state index in [-0.39, 0.29) is 24.1 Å². The molecule has 1 aromatic heterocycles. The van der Waals surface area contributed by atoms with E-state index >= 15 is 0 Å². The van der Waals surface area contributed by atoms with Crippen LogP contribution in [-0.4, -0.2) is 23.0 Å². The van der Waals surface area contributed by atoms with E-state index in [1.54, 1.807) is 24.3 Å². The maximum absolute atomic E-state index is 11.9. The zero-order valence-electron chi connectivity index (χ0n) is 11.4. The van der Waals surface area contributed by atoms with E-state index < -0.39 is 0 Å². The molecule has 0 bridgehead atoms. The lowest BCUT2D eigenvalue weighted by atomic mass is 10.1. The van der Waals surface area contributed by atoms with Crippen molar-refractivity contribution in [3.05, 3.63) is 40.9 Å². The fourth-order valence-corrected chi connectivity index (χ4v) is 2.51. The molecule has 0 aliphatic rings. The lowest BCUT2D eigenvalue weighted by Gasteiger charge is -2.06. The number of amides is 1. The minimum Gasteiger partial charge on any atom is -0.508 e. The predicted octanol–water partition coefficient (Wildman–Crippen LogP) is 2.31. The topological polar surface area (TPSA) is 74.2 Å². The molecule has 0 saturated heterocycles. The zero-order chi connectivity index (χ0) is 14.5. The molecule has 1 atom stereocenters. The molecule has 6 heteroatoms. The van der Waals surface area contributed by atoms with Gasteiger partial charge in [-0.05, 0) is 20.0 Å². The van der Waals surface area contributed by atoms with Crippen molar-refractivity contribution in [1.82, 2.24) is 10.3 Å². The Kier molecular flexibility index (Phi) is 4.70. The van der Waals surface area contributed by atoms with Gasteiger partial charge in [-0.25, -0.2) is 4.98 Å². The fraction of sp³-hybridized carbons (Fsp3) is 0.286. The summed E-state index contributed by atoms with van der Waals surface area (Å²) >= 11 is 1.39. The smallest absolute Gasteiger partial charge is 0.230 e. The van der Waals surface area contributed by atoms with Crippen LogP contribution >= 0.6 is 11.3 Å². The summed E-state index contributed by atoms with van der Waals surface area (Å²) in [7, 11) is 1.86. The van der Waals surface area contributed by atoms with Crippen LogP contribution in [0.2, 0.25) is 0 Å². The number of phenols is 1. The highest BCUT2D eigenvalue weighted by atomic mass is 32.1. The molecule has 1 amide bonds. The van der Waals surface area contributed by atoms with Gasteiger partial charge < -0.3 is 15.7 Å². The molecule has 0 saturated carbocycles. The average Bonchev–Trinajstić information content (AvgIpc) is 2.89. The van der Waals surface area contributed by atoms with Gasteiger partial charge in [-0.2, -0.15) is 0 Å². The molecule has 2 rings (SSSR count). The number of phenolic OH excluding ortho intramolecular Hbond substituents is 1. The fourth-order valence-electron chi connectivity index (χ4n) is 1.69. The molecule has 5 nitrogen and oxygen atoms in total. The van der Waals surface area contributed by atoms with Crippen molar-refractivity contribution in [2.45, 2.75) is 19.4 Å². The lowest BCUT2D eigenvalue weighted by molar-refractivity contribution is -0.115. The van der Waals surface area contributed by atoms with Gasteiger partial charge in [0.05, 0.1) is 12.1 Å². The zero-order valence-corrected chi connectivity index (χ0v) is 12.2. The largest absolute Gasteiger partial charge is 0.508 e. The maximum atomic E-state index is 11.9. The standard InChI is InChI=1S/C14H17N3O2S/c1-9(15-2)11-8-20-14(16-11)17-13(19)7-10-5-3-4-6-12(10)18/h3-6,8-9,15,18H,7H2,1-2H3,(H,16,17,19). The third kappa shape index (κ3) is 3.55. The van der Waals surface area contributed by atoms with Gasteiger partial charge in [0, 0.05) is 17.0 Å². The molecule has 1 unspecified atom stereocenters. The molecule has 0 spiro atoms. The summed E-state index contributed by atoms with van der Waals surface area (Å²) < 4.78 is 0. The number of rotatable bonds is 5. The first kappa shape index (κ1) is 14.5. The van der Waals surface area contributed by atoms with Crippen molar-refractivity contribution in [2.24, 2.45) is 0 Å². The van der Waals surface area contributed by atoms with Crippen molar-refractivity contribution in [2.75, 3.05) is 12.4 Å². The van der Waals surface area contributed by atoms with E-state index in [0.717, 1.165) is 5.69 Å². The molecule has 20 heavy (non-hydrogen) atoms. The van der Waals surface area contributed by atoms with Crippen LogP contribution in [0, 0.1) is 0 Å². The van der Waals surface area contributed by atoms with Gasteiger partial charge in [0.15, 0.2) is 5.13 Å². The highest BCUT2D eigenvalue weighted by Crippen LogP contribution is 2.21. The minimum atomic E-state index is -0.190. The highest BCUT2D eigenvalue weighted by molar-refractivity contribution is 7.13. The molecule has 2 aromatic rings. The Hall–Kier alpha value is -1.92. The van der Waals surface area contributed by atoms with E-state index in [2.05, 4.69) is 15.6 Å². The average molecular weight is 291 g/mol. The number of para-hydroxylation sites is 1. The van der Waals surface area contributed by atoms with Crippen LogP contribution in [0.1, 0.15) is 24.2 Å². The Morgan fingerprint density at radius 1 is 1.45 bits per heavy atom. The second-order valence-corrected chi connectivity index (χ2v) is 5.30. The van der Waals surface area contributed by atoms with Crippen LogP contribution in [0.5, 0.6) is 5.75 Å². The highest BCUT2D eigenvalue weighted by Gasteiger charge is 2.11.